The lowest BCUT2D eigenvalue weighted by Gasteiger charge is -2.10. The summed E-state index contributed by atoms with van der Waals surface area (Å²) in [5.74, 6) is 1.15. The Bertz CT molecular complexity index is 298. The average Bonchev–Trinajstić information content (AvgIpc) is 2.28. The predicted molar refractivity (Wildman–Crippen MR) is 62.2 cm³/mol. The van der Waals surface area contributed by atoms with Crippen molar-refractivity contribution in [2.24, 2.45) is 5.92 Å². The fourth-order valence-electron chi connectivity index (χ4n) is 1.48. The molecule has 0 spiro atoms. The van der Waals surface area contributed by atoms with Crippen LogP contribution in [0.4, 0.5) is 0 Å². The molecule has 0 bridgehead atoms. The monoisotopic (exact) mass is 224 g/mol. The van der Waals surface area contributed by atoms with Crippen LogP contribution in [0.2, 0.25) is 0 Å². The fraction of sp³-hybridized carbons (Fsp3) is 0.667. The first-order valence-corrected chi connectivity index (χ1v) is 5.69. The van der Waals surface area contributed by atoms with Crippen molar-refractivity contribution in [3.05, 3.63) is 17.8 Å². The second-order valence-corrected chi connectivity index (χ2v) is 4.34. The number of hydrogen-bond acceptors (Lipinski definition) is 4. The summed E-state index contributed by atoms with van der Waals surface area (Å²) in [6.07, 6.45) is 2.35. The number of ether oxygens (including phenoxy) is 1. The lowest BCUT2D eigenvalue weighted by Crippen LogP contribution is -2.03. The van der Waals surface area contributed by atoms with Crippen LogP contribution in [0.1, 0.15) is 44.9 Å². The number of aliphatic hydroxyl groups excluding tert-OH is 1. The van der Waals surface area contributed by atoms with Crippen LogP contribution in [0.25, 0.3) is 0 Å². The van der Waals surface area contributed by atoms with Crippen molar-refractivity contribution in [3.8, 4) is 5.88 Å². The summed E-state index contributed by atoms with van der Waals surface area (Å²) in [5.41, 5.74) is 0.615. The van der Waals surface area contributed by atoms with E-state index >= 15 is 0 Å². The molecule has 4 nitrogen and oxygen atoms in total. The molecule has 90 valence electrons. The van der Waals surface area contributed by atoms with E-state index in [2.05, 4.69) is 24.0 Å². The van der Waals surface area contributed by atoms with Crippen LogP contribution < -0.4 is 4.74 Å². The molecule has 0 fully saturated rings. The molecule has 16 heavy (non-hydrogen) atoms. The smallest absolute Gasteiger partial charge is 0.233 e. The molecular formula is C12H20N2O2. The first kappa shape index (κ1) is 12.9. The van der Waals surface area contributed by atoms with E-state index in [1.807, 2.05) is 0 Å². The topological polar surface area (TPSA) is 55.2 Å². The van der Waals surface area contributed by atoms with E-state index in [-0.39, 0.29) is 0 Å². The number of rotatable bonds is 6. The second-order valence-electron chi connectivity index (χ2n) is 4.34. The lowest BCUT2D eigenvalue weighted by molar-refractivity contribution is 0.156. The molecule has 0 aliphatic heterocycles. The van der Waals surface area contributed by atoms with E-state index in [9.17, 15) is 5.11 Å². The molecule has 1 heterocycles. The maximum Gasteiger partial charge on any atom is 0.233 e. The van der Waals surface area contributed by atoms with Gasteiger partial charge in [-0.2, -0.15) is 0 Å². The van der Waals surface area contributed by atoms with Gasteiger partial charge in [-0.25, -0.2) is 0 Å². The van der Waals surface area contributed by atoms with Gasteiger partial charge in [0.2, 0.25) is 5.88 Å². The van der Waals surface area contributed by atoms with Gasteiger partial charge in [-0.15, -0.1) is 10.2 Å². The Labute approximate surface area is 96.7 Å². The van der Waals surface area contributed by atoms with Crippen LogP contribution in [0.15, 0.2) is 12.1 Å². The van der Waals surface area contributed by atoms with Crippen LogP contribution in [-0.2, 0) is 0 Å². The van der Waals surface area contributed by atoms with Gasteiger partial charge in [0.1, 0.15) is 0 Å². The minimum Gasteiger partial charge on any atom is -0.480 e. The maximum atomic E-state index is 9.85. The molecule has 1 N–H and O–H groups in total. The van der Waals surface area contributed by atoms with Crippen LogP contribution in [0.3, 0.4) is 0 Å². The Morgan fingerprint density at radius 3 is 2.50 bits per heavy atom. The van der Waals surface area contributed by atoms with Crippen molar-refractivity contribution in [2.45, 2.75) is 39.2 Å². The standard InChI is InChI=1S/C12H20N2O2/c1-9(2)5-4-6-11(15)10-7-8-12(16-3)14-13-10/h7-9,11,15H,4-6H2,1-3H3. The van der Waals surface area contributed by atoms with Gasteiger partial charge < -0.3 is 9.84 Å². The summed E-state index contributed by atoms with van der Waals surface area (Å²) in [6, 6.07) is 3.47. The minimum atomic E-state index is -0.517. The Morgan fingerprint density at radius 1 is 1.25 bits per heavy atom. The first-order chi connectivity index (χ1) is 7.63. The molecule has 1 aromatic heterocycles. The zero-order chi connectivity index (χ0) is 12.0. The predicted octanol–water partition coefficient (Wildman–Crippen LogP) is 2.34. The lowest BCUT2D eigenvalue weighted by atomic mass is 10.0. The van der Waals surface area contributed by atoms with Gasteiger partial charge in [0.25, 0.3) is 0 Å². The highest BCUT2D eigenvalue weighted by atomic mass is 16.5. The number of aromatic nitrogens is 2. The van der Waals surface area contributed by atoms with Gasteiger partial charge in [-0.3, -0.25) is 0 Å². The van der Waals surface area contributed by atoms with Gasteiger partial charge >= 0.3 is 0 Å². The van der Waals surface area contributed by atoms with Gasteiger partial charge in [-0.1, -0.05) is 26.7 Å². The van der Waals surface area contributed by atoms with Crippen molar-refractivity contribution >= 4 is 0 Å². The summed E-state index contributed by atoms with van der Waals surface area (Å²) in [4.78, 5) is 0. The molecule has 0 aromatic carbocycles. The maximum absolute atomic E-state index is 9.85. The molecule has 0 radical (unpaired) electrons. The Kier molecular flexibility index (Phi) is 5.19. The quantitative estimate of drug-likeness (QED) is 0.805. The minimum absolute atomic E-state index is 0.470. The van der Waals surface area contributed by atoms with Crippen molar-refractivity contribution in [2.75, 3.05) is 7.11 Å². The van der Waals surface area contributed by atoms with E-state index < -0.39 is 6.10 Å². The van der Waals surface area contributed by atoms with E-state index in [4.69, 9.17) is 4.74 Å². The van der Waals surface area contributed by atoms with Crippen LogP contribution in [-0.4, -0.2) is 22.4 Å². The Morgan fingerprint density at radius 2 is 2.00 bits per heavy atom. The third-order valence-corrected chi connectivity index (χ3v) is 2.47. The summed E-state index contributed by atoms with van der Waals surface area (Å²) < 4.78 is 4.91. The van der Waals surface area contributed by atoms with Crippen LogP contribution >= 0.6 is 0 Å². The number of hydrogen-bond donors (Lipinski definition) is 1. The summed E-state index contributed by atoms with van der Waals surface area (Å²) in [6.45, 7) is 4.36. The normalized spacial score (nSPS) is 12.8. The molecule has 0 saturated heterocycles. The molecule has 0 saturated carbocycles. The number of nitrogens with zero attached hydrogens (tertiary/aromatic N) is 2. The highest BCUT2D eigenvalue weighted by Gasteiger charge is 2.10. The van der Waals surface area contributed by atoms with Gasteiger partial charge in [-0.05, 0) is 18.4 Å². The molecular weight excluding hydrogens is 204 g/mol. The van der Waals surface area contributed by atoms with Crippen molar-refractivity contribution in [1.82, 2.24) is 10.2 Å². The zero-order valence-corrected chi connectivity index (χ0v) is 10.2. The molecule has 0 aliphatic carbocycles. The average molecular weight is 224 g/mol. The van der Waals surface area contributed by atoms with Crippen molar-refractivity contribution in [1.29, 1.82) is 0 Å². The molecule has 0 amide bonds. The molecule has 1 aromatic rings. The third-order valence-electron chi connectivity index (χ3n) is 2.47. The summed E-state index contributed by atoms with van der Waals surface area (Å²) in [7, 11) is 1.54. The number of aliphatic hydroxyl groups is 1. The molecule has 1 rings (SSSR count). The van der Waals surface area contributed by atoms with Crippen LogP contribution in [0, 0.1) is 5.92 Å². The SMILES string of the molecule is COc1ccc(C(O)CCCC(C)C)nn1. The van der Waals surface area contributed by atoms with E-state index in [1.165, 1.54) is 0 Å². The number of methoxy groups -OCH3 is 1. The fourth-order valence-corrected chi connectivity index (χ4v) is 1.48. The van der Waals surface area contributed by atoms with Gasteiger partial charge in [0.15, 0.2) is 0 Å². The second kappa shape index (κ2) is 6.43. The highest BCUT2D eigenvalue weighted by Crippen LogP contribution is 2.19. The van der Waals surface area contributed by atoms with E-state index in [0.29, 0.717) is 17.5 Å². The van der Waals surface area contributed by atoms with Crippen molar-refractivity contribution in [3.63, 3.8) is 0 Å². The highest BCUT2D eigenvalue weighted by molar-refractivity contribution is 5.12. The van der Waals surface area contributed by atoms with Crippen LogP contribution in [0.5, 0.6) is 5.88 Å². The zero-order valence-electron chi connectivity index (χ0n) is 10.2. The largest absolute Gasteiger partial charge is 0.480 e. The first-order valence-electron chi connectivity index (χ1n) is 5.69. The van der Waals surface area contributed by atoms with Crippen molar-refractivity contribution < 1.29 is 9.84 Å². The van der Waals surface area contributed by atoms with E-state index in [0.717, 1.165) is 19.3 Å². The molecule has 1 atom stereocenters. The third kappa shape index (κ3) is 4.14. The Balaban J connectivity index is 2.43. The Hall–Kier alpha value is -1.16. The summed E-state index contributed by atoms with van der Waals surface area (Å²) >= 11 is 0. The van der Waals surface area contributed by atoms with E-state index in [1.54, 1.807) is 19.2 Å². The molecule has 0 aliphatic rings. The van der Waals surface area contributed by atoms with Gasteiger partial charge in [0, 0.05) is 6.07 Å². The molecule has 1 unspecified atom stereocenters. The molecule has 4 heteroatoms. The summed E-state index contributed by atoms with van der Waals surface area (Å²) in [5, 5.41) is 17.6. The van der Waals surface area contributed by atoms with Gasteiger partial charge in [0.05, 0.1) is 18.9 Å².